The van der Waals surface area contributed by atoms with Crippen molar-refractivity contribution in [1.82, 2.24) is 9.55 Å². The Bertz CT molecular complexity index is 708. The minimum atomic E-state index is 0.688. The first-order valence-electron chi connectivity index (χ1n) is 5.93. The zero-order chi connectivity index (χ0) is 12.7. The van der Waals surface area contributed by atoms with Gasteiger partial charge in [0.1, 0.15) is 0 Å². The van der Waals surface area contributed by atoms with Crippen LogP contribution in [0.5, 0.6) is 0 Å². The Balaban J connectivity index is 2.23. The van der Waals surface area contributed by atoms with Crippen molar-refractivity contribution in [2.75, 3.05) is 5.73 Å². The van der Waals surface area contributed by atoms with Crippen LogP contribution in [-0.4, -0.2) is 9.55 Å². The van der Waals surface area contributed by atoms with Gasteiger partial charge in [-0.3, -0.25) is 4.98 Å². The summed E-state index contributed by atoms with van der Waals surface area (Å²) in [7, 11) is 2.06. The van der Waals surface area contributed by atoms with Gasteiger partial charge in [0.25, 0.3) is 0 Å². The Morgan fingerprint density at radius 1 is 1.11 bits per heavy atom. The molecule has 0 amide bonds. The Kier molecular flexibility index (Phi) is 2.33. The zero-order valence-corrected chi connectivity index (χ0v) is 10.5. The summed E-state index contributed by atoms with van der Waals surface area (Å²) in [5, 5.41) is 1.23. The number of hydrogen-bond acceptors (Lipinski definition) is 2. The van der Waals surface area contributed by atoms with Gasteiger partial charge < -0.3 is 10.3 Å². The van der Waals surface area contributed by atoms with Gasteiger partial charge in [-0.05, 0) is 36.8 Å². The van der Waals surface area contributed by atoms with Crippen LogP contribution in [-0.2, 0) is 7.05 Å². The van der Waals surface area contributed by atoms with Crippen LogP contribution in [0.3, 0.4) is 0 Å². The van der Waals surface area contributed by atoms with Gasteiger partial charge in [-0.25, -0.2) is 0 Å². The minimum Gasteiger partial charge on any atom is -0.397 e. The van der Waals surface area contributed by atoms with Crippen molar-refractivity contribution >= 4 is 16.6 Å². The summed E-state index contributed by atoms with van der Waals surface area (Å²) in [6, 6.07) is 12.5. The van der Waals surface area contributed by atoms with Crippen molar-refractivity contribution < 1.29 is 0 Å². The van der Waals surface area contributed by atoms with E-state index in [0.29, 0.717) is 5.69 Å². The van der Waals surface area contributed by atoms with Crippen LogP contribution in [0.2, 0.25) is 0 Å². The fourth-order valence-corrected chi connectivity index (χ4v) is 2.24. The van der Waals surface area contributed by atoms with Gasteiger partial charge in [0.05, 0.1) is 23.3 Å². The highest BCUT2D eigenvalue weighted by atomic mass is 15.0. The van der Waals surface area contributed by atoms with E-state index in [1.165, 1.54) is 16.5 Å². The quantitative estimate of drug-likeness (QED) is 0.706. The third-order valence-corrected chi connectivity index (χ3v) is 3.25. The SMILES string of the molecule is Cc1ccc2cc(-c3ccc(N)cn3)n(C)c2c1. The second-order valence-corrected chi connectivity index (χ2v) is 4.63. The van der Waals surface area contributed by atoms with Gasteiger partial charge in [0.2, 0.25) is 0 Å². The first kappa shape index (κ1) is 10.8. The molecule has 0 aliphatic heterocycles. The molecule has 0 aliphatic rings. The van der Waals surface area contributed by atoms with Crippen molar-refractivity contribution in [3.8, 4) is 11.4 Å². The smallest absolute Gasteiger partial charge is 0.0868 e. The van der Waals surface area contributed by atoms with E-state index in [-0.39, 0.29) is 0 Å². The average molecular weight is 237 g/mol. The fourth-order valence-electron chi connectivity index (χ4n) is 2.24. The number of pyridine rings is 1. The van der Waals surface area contributed by atoms with E-state index in [2.05, 4.69) is 47.8 Å². The highest BCUT2D eigenvalue weighted by Gasteiger charge is 2.08. The van der Waals surface area contributed by atoms with Gasteiger partial charge in [0.15, 0.2) is 0 Å². The molecule has 2 aromatic heterocycles. The van der Waals surface area contributed by atoms with Gasteiger partial charge in [-0.1, -0.05) is 12.1 Å². The molecule has 0 atom stereocenters. The largest absolute Gasteiger partial charge is 0.397 e. The molecule has 0 fully saturated rings. The lowest BCUT2D eigenvalue weighted by Gasteiger charge is -2.04. The van der Waals surface area contributed by atoms with E-state index in [0.717, 1.165) is 11.4 Å². The summed E-state index contributed by atoms with van der Waals surface area (Å²) in [5.74, 6) is 0. The number of anilines is 1. The maximum Gasteiger partial charge on any atom is 0.0868 e. The van der Waals surface area contributed by atoms with Crippen LogP contribution in [0.15, 0.2) is 42.6 Å². The zero-order valence-electron chi connectivity index (χ0n) is 10.5. The predicted molar refractivity (Wildman–Crippen MR) is 75.3 cm³/mol. The highest BCUT2D eigenvalue weighted by Crippen LogP contribution is 2.26. The van der Waals surface area contributed by atoms with Crippen molar-refractivity contribution in [2.45, 2.75) is 6.92 Å². The average Bonchev–Trinajstić information content (AvgIpc) is 2.68. The normalized spacial score (nSPS) is 11.0. The summed E-state index contributed by atoms with van der Waals surface area (Å²) in [5.41, 5.74) is 10.9. The molecule has 0 saturated carbocycles. The lowest BCUT2D eigenvalue weighted by Crippen LogP contribution is -1.94. The molecule has 3 nitrogen and oxygen atoms in total. The molecule has 3 heteroatoms. The molecule has 90 valence electrons. The Morgan fingerprint density at radius 3 is 2.67 bits per heavy atom. The molecule has 2 N–H and O–H groups in total. The molecule has 0 radical (unpaired) electrons. The summed E-state index contributed by atoms with van der Waals surface area (Å²) >= 11 is 0. The lowest BCUT2D eigenvalue weighted by molar-refractivity contribution is 0.970. The number of rotatable bonds is 1. The molecule has 0 unspecified atom stereocenters. The van der Waals surface area contributed by atoms with Gasteiger partial charge in [-0.2, -0.15) is 0 Å². The van der Waals surface area contributed by atoms with Gasteiger partial charge in [-0.15, -0.1) is 0 Å². The molecular formula is C15H15N3. The fraction of sp³-hybridized carbons (Fsp3) is 0.133. The van der Waals surface area contributed by atoms with Crippen molar-refractivity contribution in [3.63, 3.8) is 0 Å². The number of aromatic nitrogens is 2. The first-order valence-corrected chi connectivity index (χ1v) is 5.93. The summed E-state index contributed by atoms with van der Waals surface area (Å²) < 4.78 is 2.17. The molecule has 0 spiro atoms. The first-order chi connectivity index (χ1) is 8.65. The Morgan fingerprint density at radius 2 is 1.94 bits per heavy atom. The monoisotopic (exact) mass is 237 g/mol. The van der Waals surface area contributed by atoms with Crippen LogP contribution >= 0.6 is 0 Å². The third-order valence-electron chi connectivity index (χ3n) is 3.25. The van der Waals surface area contributed by atoms with E-state index < -0.39 is 0 Å². The second kappa shape index (κ2) is 3.88. The highest BCUT2D eigenvalue weighted by molar-refractivity contribution is 5.86. The minimum absolute atomic E-state index is 0.688. The molecule has 3 aromatic rings. The predicted octanol–water partition coefficient (Wildman–Crippen LogP) is 3.13. The van der Waals surface area contributed by atoms with Crippen LogP contribution in [0.25, 0.3) is 22.3 Å². The topological polar surface area (TPSA) is 43.8 Å². The molecule has 0 aliphatic carbocycles. The number of hydrogen-bond donors (Lipinski definition) is 1. The van der Waals surface area contributed by atoms with Crippen LogP contribution in [0, 0.1) is 6.92 Å². The van der Waals surface area contributed by atoms with Crippen LogP contribution in [0.4, 0.5) is 5.69 Å². The molecule has 1 aromatic carbocycles. The van der Waals surface area contributed by atoms with Gasteiger partial charge >= 0.3 is 0 Å². The number of fused-ring (bicyclic) bond motifs is 1. The second-order valence-electron chi connectivity index (χ2n) is 4.63. The van der Waals surface area contributed by atoms with E-state index in [9.17, 15) is 0 Å². The molecule has 18 heavy (non-hydrogen) atoms. The van der Waals surface area contributed by atoms with Crippen molar-refractivity contribution in [1.29, 1.82) is 0 Å². The molecule has 2 heterocycles. The number of benzene rings is 1. The maximum absolute atomic E-state index is 5.67. The molecular weight excluding hydrogens is 222 g/mol. The summed E-state index contributed by atoms with van der Waals surface area (Å²) in [4.78, 5) is 4.38. The van der Waals surface area contributed by atoms with Gasteiger partial charge in [0, 0.05) is 18.0 Å². The third kappa shape index (κ3) is 1.64. The van der Waals surface area contributed by atoms with Crippen molar-refractivity contribution in [3.05, 3.63) is 48.2 Å². The number of nitrogen functional groups attached to an aromatic ring is 1. The summed E-state index contributed by atoms with van der Waals surface area (Å²) in [6.45, 7) is 2.10. The summed E-state index contributed by atoms with van der Waals surface area (Å²) in [6.07, 6.45) is 1.69. The Hall–Kier alpha value is -2.29. The van der Waals surface area contributed by atoms with E-state index >= 15 is 0 Å². The Labute approximate surface area is 106 Å². The van der Waals surface area contributed by atoms with E-state index in [1.807, 2.05) is 12.1 Å². The lowest BCUT2D eigenvalue weighted by atomic mass is 10.2. The number of aryl methyl sites for hydroxylation is 2. The number of nitrogens with two attached hydrogens (primary N) is 1. The van der Waals surface area contributed by atoms with Crippen LogP contribution < -0.4 is 5.73 Å². The van der Waals surface area contributed by atoms with Crippen LogP contribution in [0.1, 0.15) is 5.56 Å². The van der Waals surface area contributed by atoms with E-state index in [1.54, 1.807) is 6.20 Å². The van der Waals surface area contributed by atoms with Crippen molar-refractivity contribution in [2.24, 2.45) is 7.05 Å². The molecule has 3 rings (SSSR count). The standard InChI is InChI=1S/C15H15N3/c1-10-3-4-11-8-15(18(2)14(11)7-10)13-6-5-12(16)9-17-13/h3-9H,16H2,1-2H3. The number of nitrogens with zero attached hydrogens (tertiary/aromatic N) is 2. The van der Waals surface area contributed by atoms with E-state index in [4.69, 9.17) is 5.73 Å². The molecule has 0 bridgehead atoms. The maximum atomic E-state index is 5.67. The molecule has 0 saturated heterocycles.